The van der Waals surface area contributed by atoms with Gasteiger partial charge in [-0.25, -0.2) is 9.97 Å². The van der Waals surface area contributed by atoms with Crippen LogP contribution in [0.25, 0.3) is 11.4 Å². The number of amides is 1. The molecule has 7 heteroatoms. The smallest absolute Gasteiger partial charge is 0.220 e. The Morgan fingerprint density at radius 1 is 1.31 bits per heavy atom. The normalized spacial score (nSPS) is 16.1. The van der Waals surface area contributed by atoms with Crippen molar-refractivity contribution in [3.8, 4) is 11.4 Å². The van der Waals surface area contributed by atoms with Gasteiger partial charge in [-0.1, -0.05) is 0 Å². The molecular formula is C19H20N6O. The van der Waals surface area contributed by atoms with Crippen LogP contribution in [0.2, 0.25) is 0 Å². The van der Waals surface area contributed by atoms with Crippen LogP contribution in [0.3, 0.4) is 0 Å². The summed E-state index contributed by atoms with van der Waals surface area (Å²) in [6, 6.07) is 3.81. The molecule has 0 bridgehead atoms. The molecule has 26 heavy (non-hydrogen) atoms. The maximum atomic E-state index is 12.3. The van der Waals surface area contributed by atoms with Crippen molar-refractivity contribution in [3.63, 3.8) is 0 Å². The van der Waals surface area contributed by atoms with E-state index in [1.54, 1.807) is 18.6 Å². The second-order valence-corrected chi connectivity index (χ2v) is 6.46. The third-order valence-electron chi connectivity index (χ3n) is 4.63. The van der Waals surface area contributed by atoms with Crippen molar-refractivity contribution in [2.45, 2.75) is 38.1 Å². The molecule has 0 saturated carbocycles. The van der Waals surface area contributed by atoms with Gasteiger partial charge < -0.3 is 5.32 Å². The molecule has 0 spiro atoms. The van der Waals surface area contributed by atoms with Gasteiger partial charge in [-0.05, 0) is 43.4 Å². The van der Waals surface area contributed by atoms with Gasteiger partial charge in [-0.15, -0.1) is 0 Å². The summed E-state index contributed by atoms with van der Waals surface area (Å²) >= 11 is 0. The van der Waals surface area contributed by atoms with E-state index in [1.807, 2.05) is 24.5 Å². The highest BCUT2D eigenvalue weighted by Crippen LogP contribution is 2.29. The Hall–Kier alpha value is -3.09. The van der Waals surface area contributed by atoms with E-state index in [0.29, 0.717) is 18.7 Å². The number of aromatic amines is 1. The van der Waals surface area contributed by atoms with Crippen molar-refractivity contribution in [2.24, 2.45) is 0 Å². The minimum Gasteiger partial charge on any atom is -0.349 e. The molecule has 132 valence electrons. The molecular weight excluding hydrogens is 328 g/mol. The topological polar surface area (TPSA) is 96.5 Å². The quantitative estimate of drug-likeness (QED) is 0.738. The first-order valence-electron chi connectivity index (χ1n) is 8.83. The predicted molar refractivity (Wildman–Crippen MR) is 96.0 cm³/mol. The average molecular weight is 348 g/mol. The standard InChI is InChI=1S/C19H20N6O/c26-18(7-6-13-9-22-23-10-13)24-16-4-1-5-17-15(16)12-21-19(25-17)14-3-2-8-20-11-14/h2-3,8-12,16H,1,4-7H2,(H,22,23)(H,24,26). The number of aromatic nitrogens is 5. The van der Waals surface area contributed by atoms with Crippen LogP contribution in [0.4, 0.5) is 0 Å². The summed E-state index contributed by atoms with van der Waals surface area (Å²) in [5.41, 5.74) is 3.99. The molecule has 1 aliphatic carbocycles. The third kappa shape index (κ3) is 3.61. The number of hydrogen-bond donors (Lipinski definition) is 2. The van der Waals surface area contributed by atoms with Crippen molar-refractivity contribution < 1.29 is 4.79 Å². The summed E-state index contributed by atoms with van der Waals surface area (Å²) in [4.78, 5) is 25.6. The first kappa shape index (κ1) is 16.4. The van der Waals surface area contributed by atoms with Gasteiger partial charge in [0.2, 0.25) is 5.91 Å². The third-order valence-corrected chi connectivity index (χ3v) is 4.63. The Kier molecular flexibility index (Phi) is 4.68. The molecule has 3 heterocycles. The van der Waals surface area contributed by atoms with Gasteiger partial charge in [0.05, 0.1) is 12.2 Å². The first-order chi connectivity index (χ1) is 12.8. The molecule has 0 aliphatic heterocycles. The van der Waals surface area contributed by atoms with Crippen LogP contribution in [0, 0.1) is 0 Å². The van der Waals surface area contributed by atoms with Crippen LogP contribution in [0.1, 0.15) is 42.1 Å². The number of carbonyl (C=O) groups excluding carboxylic acids is 1. The van der Waals surface area contributed by atoms with Crippen LogP contribution in [-0.4, -0.2) is 31.1 Å². The van der Waals surface area contributed by atoms with Crippen LogP contribution >= 0.6 is 0 Å². The summed E-state index contributed by atoms with van der Waals surface area (Å²) in [6.07, 6.45) is 12.9. The molecule has 0 radical (unpaired) electrons. The van der Waals surface area contributed by atoms with Crippen molar-refractivity contribution in [1.82, 2.24) is 30.5 Å². The molecule has 1 aliphatic rings. The van der Waals surface area contributed by atoms with E-state index < -0.39 is 0 Å². The lowest BCUT2D eigenvalue weighted by molar-refractivity contribution is -0.121. The van der Waals surface area contributed by atoms with Gasteiger partial charge in [0, 0.05) is 48.0 Å². The summed E-state index contributed by atoms with van der Waals surface area (Å²) in [6.45, 7) is 0. The van der Waals surface area contributed by atoms with E-state index >= 15 is 0 Å². The maximum absolute atomic E-state index is 12.3. The SMILES string of the molecule is O=C(CCc1cn[nH]c1)NC1CCCc2nc(-c3cccnc3)ncc21. The molecule has 2 N–H and O–H groups in total. The number of rotatable bonds is 5. The van der Waals surface area contributed by atoms with Gasteiger partial charge in [0.25, 0.3) is 0 Å². The van der Waals surface area contributed by atoms with Crippen molar-refractivity contribution in [3.05, 3.63) is 59.9 Å². The van der Waals surface area contributed by atoms with Gasteiger partial charge in [0.15, 0.2) is 5.82 Å². The number of fused-ring (bicyclic) bond motifs is 1. The average Bonchev–Trinajstić information content (AvgIpc) is 3.21. The van der Waals surface area contributed by atoms with E-state index in [0.717, 1.165) is 41.6 Å². The summed E-state index contributed by atoms with van der Waals surface area (Å²) in [5, 5.41) is 9.80. The van der Waals surface area contributed by atoms with Crippen molar-refractivity contribution in [1.29, 1.82) is 0 Å². The number of nitrogens with one attached hydrogen (secondary N) is 2. The molecule has 3 aromatic rings. The highest BCUT2D eigenvalue weighted by molar-refractivity contribution is 5.76. The second kappa shape index (κ2) is 7.43. The number of H-pyrrole nitrogens is 1. The van der Waals surface area contributed by atoms with Crippen LogP contribution in [-0.2, 0) is 17.6 Å². The monoisotopic (exact) mass is 348 g/mol. The fraction of sp³-hybridized carbons (Fsp3) is 0.316. The molecule has 7 nitrogen and oxygen atoms in total. The fourth-order valence-electron chi connectivity index (χ4n) is 3.27. The Morgan fingerprint density at radius 2 is 2.27 bits per heavy atom. The minimum absolute atomic E-state index is 0.0152. The predicted octanol–water partition coefficient (Wildman–Crippen LogP) is 2.39. The Bertz CT molecular complexity index is 878. The molecule has 1 unspecified atom stereocenters. The van der Waals surface area contributed by atoms with Crippen LogP contribution in [0.5, 0.6) is 0 Å². The Balaban J connectivity index is 1.46. The maximum Gasteiger partial charge on any atom is 0.220 e. The fourth-order valence-corrected chi connectivity index (χ4v) is 3.27. The minimum atomic E-state index is -0.0152. The van der Waals surface area contributed by atoms with E-state index in [4.69, 9.17) is 4.98 Å². The number of pyridine rings is 1. The van der Waals surface area contributed by atoms with Crippen molar-refractivity contribution >= 4 is 5.91 Å². The lowest BCUT2D eigenvalue weighted by Gasteiger charge is -2.25. The van der Waals surface area contributed by atoms with E-state index in [-0.39, 0.29) is 11.9 Å². The van der Waals surface area contributed by atoms with Gasteiger partial charge in [-0.2, -0.15) is 5.10 Å². The molecule has 4 rings (SSSR count). The molecule has 1 atom stereocenters. The van der Waals surface area contributed by atoms with E-state index in [1.165, 1.54) is 0 Å². The molecule has 0 aromatic carbocycles. The number of nitrogens with zero attached hydrogens (tertiary/aromatic N) is 4. The van der Waals surface area contributed by atoms with Gasteiger partial charge in [0.1, 0.15) is 0 Å². The van der Waals surface area contributed by atoms with Gasteiger partial charge in [-0.3, -0.25) is 14.9 Å². The van der Waals surface area contributed by atoms with Crippen LogP contribution < -0.4 is 5.32 Å². The highest BCUT2D eigenvalue weighted by Gasteiger charge is 2.24. The first-order valence-corrected chi connectivity index (χ1v) is 8.83. The Morgan fingerprint density at radius 3 is 3.08 bits per heavy atom. The number of carbonyl (C=O) groups is 1. The summed E-state index contributed by atoms with van der Waals surface area (Å²) in [5.74, 6) is 0.726. The Labute approximate surface area is 151 Å². The van der Waals surface area contributed by atoms with Crippen molar-refractivity contribution in [2.75, 3.05) is 0 Å². The molecule has 0 saturated heterocycles. The van der Waals surface area contributed by atoms with Crippen LogP contribution in [0.15, 0.2) is 43.1 Å². The zero-order valence-corrected chi connectivity index (χ0v) is 14.4. The number of hydrogen-bond acceptors (Lipinski definition) is 5. The van der Waals surface area contributed by atoms with Gasteiger partial charge >= 0.3 is 0 Å². The number of aryl methyl sites for hydroxylation is 2. The lowest BCUT2D eigenvalue weighted by atomic mass is 9.92. The van der Waals surface area contributed by atoms with E-state index in [2.05, 4.69) is 25.5 Å². The molecule has 1 amide bonds. The molecule has 0 fully saturated rings. The lowest BCUT2D eigenvalue weighted by Crippen LogP contribution is -2.31. The zero-order chi connectivity index (χ0) is 17.8. The zero-order valence-electron chi connectivity index (χ0n) is 14.4. The largest absolute Gasteiger partial charge is 0.349 e. The second-order valence-electron chi connectivity index (χ2n) is 6.46. The summed E-state index contributed by atoms with van der Waals surface area (Å²) < 4.78 is 0. The van der Waals surface area contributed by atoms with E-state index in [9.17, 15) is 4.79 Å². The molecule has 3 aromatic heterocycles. The summed E-state index contributed by atoms with van der Waals surface area (Å²) in [7, 11) is 0. The highest BCUT2D eigenvalue weighted by atomic mass is 16.1.